The Morgan fingerprint density at radius 2 is 1.88 bits per heavy atom. The second-order valence-electron chi connectivity index (χ2n) is 7.26. The molecular weight excluding hydrogens is 426 g/mol. The van der Waals surface area contributed by atoms with Gasteiger partial charge in [-0.3, -0.25) is 19.8 Å². The van der Waals surface area contributed by atoms with E-state index in [4.69, 9.17) is 9.94 Å². The number of anilines is 1. The summed E-state index contributed by atoms with van der Waals surface area (Å²) in [6.45, 7) is 0.442. The number of para-hydroxylation sites is 2. The second-order valence-corrected chi connectivity index (χ2v) is 8.42. The van der Waals surface area contributed by atoms with Gasteiger partial charge in [0.1, 0.15) is 5.75 Å². The SMILES string of the molecule is COc1ccccc1N(Cc1ccc(-c2cccnc2)s1)C(=O)CCCCCC(=O)NO. The van der Waals surface area contributed by atoms with Gasteiger partial charge in [0.2, 0.25) is 11.8 Å². The van der Waals surface area contributed by atoms with Crippen molar-refractivity contribution in [1.29, 1.82) is 0 Å². The lowest BCUT2D eigenvalue weighted by molar-refractivity contribution is -0.129. The van der Waals surface area contributed by atoms with Crippen molar-refractivity contribution in [2.45, 2.75) is 38.6 Å². The monoisotopic (exact) mass is 453 g/mol. The van der Waals surface area contributed by atoms with E-state index in [-0.39, 0.29) is 12.3 Å². The smallest absolute Gasteiger partial charge is 0.243 e. The molecule has 0 aliphatic heterocycles. The van der Waals surface area contributed by atoms with Crippen molar-refractivity contribution < 1.29 is 19.5 Å². The molecule has 0 spiro atoms. The molecule has 0 bridgehead atoms. The fourth-order valence-corrected chi connectivity index (χ4v) is 4.36. The number of hydrogen-bond donors (Lipinski definition) is 2. The van der Waals surface area contributed by atoms with Crippen molar-refractivity contribution in [3.8, 4) is 16.2 Å². The summed E-state index contributed by atoms with van der Waals surface area (Å²) in [7, 11) is 1.60. The molecule has 0 saturated heterocycles. The van der Waals surface area contributed by atoms with E-state index in [1.54, 1.807) is 35.0 Å². The first kappa shape index (κ1) is 23.4. The molecule has 2 heterocycles. The van der Waals surface area contributed by atoms with Crippen LogP contribution in [0.3, 0.4) is 0 Å². The zero-order chi connectivity index (χ0) is 22.8. The number of hydroxylamine groups is 1. The van der Waals surface area contributed by atoms with Crippen molar-refractivity contribution in [1.82, 2.24) is 10.5 Å². The number of benzene rings is 1. The van der Waals surface area contributed by atoms with Gasteiger partial charge in [-0.25, -0.2) is 5.48 Å². The number of thiophene rings is 1. The topological polar surface area (TPSA) is 91.8 Å². The Labute approximate surface area is 191 Å². The van der Waals surface area contributed by atoms with E-state index in [0.717, 1.165) is 27.4 Å². The Kier molecular flexibility index (Phi) is 8.77. The molecule has 0 aliphatic carbocycles. The summed E-state index contributed by atoms with van der Waals surface area (Å²) >= 11 is 1.63. The number of nitrogens with one attached hydrogen (secondary N) is 1. The number of aromatic nitrogens is 1. The van der Waals surface area contributed by atoms with Crippen LogP contribution in [0.5, 0.6) is 5.75 Å². The molecule has 7 nitrogen and oxygen atoms in total. The first-order chi connectivity index (χ1) is 15.6. The highest BCUT2D eigenvalue weighted by atomic mass is 32.1. The Bertz CT molecular complexity index is 1020. The molecule has 3 aromatic rings. The van der Waals surface area contributed by atoms with Crippen LogP contribution in [0.25, 0.3) is 10.4 Å². The number of hydrogen-bond acceptors (Lipinski definition) is 6. The molecule has 1 aromatic carbocycles. The molecule has 2 N–H and O–H groups in total. The predicted molar refractivity (Wildman–Crippen MR) is 125 cm³/mol. The largest absolute Gasteiger partial charge is 0.495 e. The summed E-state index contributed by atoms with van der Waals surface area (Å²) in [6, 6.07) is 15.5. The molecule has 0 aliphatic rings. The Morgan fingerprint density at radius 3 is 2.62 bits per heavy atom. The van der Waals surface area contributed by atoms with Gasteiger partial charge in [0, 0.05) is 40.6 Å². The lowest BCUT2D eigenvalue weighted by atomic mass is 10.1. The maximum atomic E-state index is 13.2. The molecule has 0 radical (unpaired) electrons. The highest BCUT2D eigenvalue weighted by Crippen LogP contribution is 2.33. The molecule has 3 rings (SSSR count). The Balaban J connectivity index is 1.72. The number of methoxy groups -OCH3 is 1. The summed E-state index contributed by atoms with van der Waals surface area (Å²) in [5.74, 6) is 0.232. The molecule has 32 heavy (non-hydrogen) atoms. The molecule has 168 valence electrons. The summed E-state index contributed by atoms with van der Waals surface area (Å²) < 4.78 is 5.50. The summed E-state index contributed by atoms with van der Waals surface area (Å²) in [4.78, 5) is 32.4. The van der Waals surface area contributed by atoms with Crippen LogP contribution < -0.4 is 15.1 Å². The lowest BCUT2D eigenvalue weighted by Crippen LogP contribution is -2.30. The summed E-state index contributed by atoms with van der Waals surface area (Å²) in [5, 5.41) is 8.57. The van der Waals surface area contributed by atoms with Gasteiger partial charge in [0.05, 0.1) is 19.3 Å². The number of amides is 2. The minimum atomic E-state index is -0.408. The number of ether oxygens (including phenoxy) is 1. The molecule has 2 aromatic heterocycles. The number of carbonyl (C=O) groups is 2. The van der Waals surface area contributed by atoms with Crippen LogP contribution in [0.4, 0.5) is 5.69 Å². The third kappa shape index (κ3) is 6.38. The van der Waals surface area contributed by atoms with Crippen LogP contribution in [0, 0.1) is 0 Å². The van der Waals surface area contributed by atoms with Crippen molar-refractivity contribution in [3.63, 3.8) is 0 Å². The van der Waals surface area contributed by atoms with Gasteiger partial charge in [0.25, 0.3) is 0 Å². The van der Waals surface area contributed by atoms with Gasteiger partial charge in [-0.15, -0.1) is 11.3 Å². The first-order valence-corrected chi connectivity index (χ1v) is 11.3. The Morgan fingerprint density at radius 1 is 1.06 bits per heavy atom. The van der Waals surface area contributed by atoms with E-state index in [1.807, 2.05) is 54.7 Å². The number of nitrogens with zero attached hydrogens (tertiary/aromatic N) is 2. The zero-order valence-electron chi connectivity index (χ0n) is 18.0. The van der Waals surface area contributed by atoms with Gasteiger partial charge in [-0.05, 0) is 43.2 Å². The zero-order valence-corrected chi connectivity index (χ0v) is 18.8. The van der Waals surface area contributed by atoms with Crippen LogP contribution in [0.1, 0.15) is 37.0 Å². The number of rotatable bonds is 11. The number of pyridine rings is 1. The highest BCUT2D eigenvalue weighted by Gasteiger charge is 2.20. The standard InChI is InChI=1S/C24H27N3O4S/c1-31-21-10-6-5-9-20(21)27(24(29)12-4-2-3-11-23(28)26-30)17-19-13-14-22(32-19)18-8-7-15-25-16-18/h5-10,13-16,30H,2-4,11-12,17H2,1H3,(H,26,28). The molecular formula is C24H27N3O4S. The van der Waals surface area contributed by atoms with Gasteiger partial charge in [-0.1, -0.05) is 24.6 Å². The van der Waals surface area contributed by atoms with Crippen LogP contribution in [-0.4, -0.2) is 29.1 Å². The van der Waals surface area contributed by atoms with Crippen LogP contribution in [0.2, 0.25) is 0 Å². The van der Waals surface area contributed by atoms with E-state index in [2.05, 4.69) is 4.98 Å². The van der Waals surface area contributed by atoms with Gasteiger partial charge in [0.15, 0.2) is 0 Å². The van der Waals surface area contributed by atoms with Crippen molar-refractivity contribution >= 4 is 28.8 Å². The Hall–Kier alpha value is -3.23. The van der Waals surface area contributed by atoms with Crippen molar-refractivity contribution in [3.05, 3.63) is 65.8 Å². The normalized spacial score (nSPS) is 10.6. The van der Waals surface area contributed by atoms with E-state index in [1.165, 1.54) is 0 Å². The van der Waals surface area contributed by atoms with Crippen LogP contribution in [0.15, 0.2) is 60.9 Å². The minimum Gasteiger partial charge on any atom is -0.495 e. The van der Waals surface area contributed by atoms with E-state index >= 15 is 0 Å². The number of carbonyl (C=O) groups excluding carboxylic acids is 2. The third-order valence-corrected chi connectivity index (χ3v) is 6.14. The minimum absolute atomic E-state index is 0.00237. The molecule has 8 heteroatoms. The van der Waals surface area contributed by atoms with Gasteiger partial charge >= 0.3 is 0 Å². The fourth-order valence-electron chi connectivity index (χ4n) is 3.37. The lowest BCUT2D eigenvalue weighted by Gasteiger charge is -2.24. The molecule has 0 fully saturated rings. The second kappa shape index (κ2) is 12.0. The van der Waals surface area contributed by atoms with Crippen LogP contribution >= 0.6 is 11.3 Å². The summed E-state index contributed by atoms with van der Waals surface area (Å²) in [5.41, 5.74) is 3.41. The fraction of sp³-hybridized carbons (Fsp3) is 0.292. The average Bonchev–Trinajstić information content (AvgIpc) is 3.31. The molecule has 0 unspecified atom stereocenters. The highest BCUT2D eigenvalue weighted by molar-refractivity contribution is 7.15. The maximum Gasteiger partial charge on any atom is 0.243 e. The number of unbranched alkanes of at least 4 members (excludes halogenated alkanes) is 2. The van der Waals surface area contributed by atoms with E-state index in [0.29, 0.717) is 31.6 Å². The van der Waals surface area contributed by atoms with E-state index < -0.39 is 5.91 Å². The molecule has 2 amide bonds. The van der Waals surface area contributed by atoms with Gasteiger partial charge in [-0.2, -0.15) is 0 Å². The maximum absolute atomic E-state index is 13.2. The summed E-state index contributed by atoms with van der Waals surface area (Å²) in [6.07, 6.45) is 6.18. The quantitative estimate of drug-likeness (QED) is 0.247. The third-order valence-electron chi connectivity index (χ3n) is 5.02. The molecule has 0 atom stereocenters. The van der Waals surface area contributed by atoms with Gasteiger partial charge < -0.3 is 9.64 Å². The van der Waals surface area contributed by atoms with Crippen LogP contribution in [-0.2, 0) is 16.1 Å². The van der Waals surface area contributed by atoms with Crippen molar-refractivity contribution in [2.75, 3.05) is 12.0 Å². The predicted octanol–water partition coefficient (Wildman–Crippen LogP) is 4.81. The first-order valence-electron chi connectivity index (χ1n) is 10.5. The van der Waals surface area contributed by atoms with Crippen molar-refractivity contribution in [2.24, 2.45) is 0 Å². The average molecular weight is 454 g/mol. The molecule has 0 saturated carbocycles. The van der Waals surface area contributed by atoms with E-state index in [9.17, 15) is 9.59 Å².